The maximum absolute atomic E-state index is 13.3. The van der Waals surface area contributed by atoms with Crippen LogP contribution in [0.1, 0.15) is 68.7 Å². The summed E-state index contributed by atoms with van der Waals surface area (Å²) in [6.45, 7) is 30.4. The molecule has 3 atom stereocenters. The number of epoxide rings is 1. The first-order chi connectivity index (χ1) is 13.2. The van der Waals surface area contributed by atoms with E-state index < -0.39 is 27.7 Å². The summed E-state index contributed by atoms with van der Waals surface area (Å²) in [5.74, 6) is 0.655. The van der Waals surface area contributed by atoms with E-state index in [1.165, 1.54) is 0 Å². The Bertz CT molecular complexity index is 627. The van der Waals surface area contributed by atoms with Gasteiger partial charge in [-0.1, -0.05) is 55.4 Å². The van der Waals surface area contributed by atoms with Crippen molar-refractivity contribution in [2.45, 2.75) is 117 Å². The molecule has 1 heterocycles. The van der Waals surface area contributed by atoms with Gasteiger partial charge in [-0.3, -0.25) is 4.79 Å². The molecule has 0 aromatic heterocycles. The molecule has 1 aliphatic heterocycles. The number of hydrogen-bond donors (Lipinski definition) is 0. The van der Waals surface area contributed by atoms with Crippen molar-refractivity contribution in [3.05, 3.63) is 0 Å². The summed E-state index contributed by atoms with van der Waals surface area (Å²) in [6.07, 6.45) is 0.980. The van der Waals surface area contributed by atoms with E-state index in [-0.39, 0.29) is 33.8 Å². The molecule has 0 bridgehead atoms. The van der Waals surface area contributed by atoms with Crippen LogP contribution in [0.25, 0.3) is 0 Å². The van der Waals surface area contributed by atoms with E-state index in [2.05, 4.69) is 81.6 Å². The lowest BCUT2D eigenvalue weighted by Gasteiger charge is -2.45. The zero-order chi connectivity index (χ0) is 23.6. The van der Waals surface area contributed by atoms with Gasteiger partial charge in [-0.15, -0.1) is 0 Å². The summed E-state index contributed by atoms with van der Waals surface area (Å²) < 4.78 is 19.2. The highest BCUT2D eigenvalue weighted by Crippen LogP contribution is 2.56. The Kier molecular flexibility index (Phi) is 6.81. The highest BCUT2D eigenvalue weighted by atomic mass is 28.4. The summed E-state index contributed by atoms with van der Waals surface area (Å²) in [7, 11) is -3.78. The molecule has 4 nitrogen and oxygen atoms in total. The molecule has 0 aromatic carbocycles. The summed E-state index contributed by atoms with van der Waals surface area (Å²) in [6, 6.07) is 0. The summed E-state index contributed by atoms with van der Waals surface area (Å²) in [5, 5.41) is 0.321. The Labute approximate surface area is 188 Å². The smallest absolute Gasteiger partial charge is 0.191 e. The number of ketones is 1. The number of carbonyl (C=O) groups excluding carboxylic acids is 1. The van der Waals surface area contributed by atoms with Crippen LogP contribution in [0.4, 0.5) is 0 Å². The average Bonchev–Trinajstić information content (AvgIpc) is 3.21. The second kappa shape index (κ2) is 7.79. The Morgan fingerprint density at radius 1 is 0.933 bits per heavy atom. The van der Waals surface area contributed by atoms with Crippen LogP contribution in [0, 0.1) is 17.3 Å². The van der Waals surface area contributed by atoms with Crippen LogP contribution >= 0.6 is 0 Å². The molecule has 0 amide bonds. The van der Waals surface area contributed by atoms with Gasteiger partial charge < -0.3 is 13.6 Å². The molecule has 2 aliphatic rings. The van der Waals surface area contributed by atoms with Gasteiger partial charge in [-0.25, -0.2) is 0 Å². The van der Waals surface area contributed by atoms with Gasteiger partial charge in [0.1, 0.15) is 0 Å². The van der Waals surface area contributed by atoms with Crippen LogP contribution in [0.15, 0.2) is 0 Å². The predicted octanol–water partition coefficient (Wildman–Crippen LogP) is 6.42. The van der Waals surface area contributed by atoms with E-state index in [4.69, 9.17) is 13.6 Å². The van der Waals surface area contributed by atoms with Crippen LogP contribution in [-0.2, 0) is 18.4 Å². The Balaban J connectivity index is 2.26. The van der Waals surface area contributed by atoms with Crippen molar-refractivity contribution in [3.63, 3.8) is 0 Å². The molecule has 1 saturated heterocycles. The largest absolute Gasteiger partial charge is 0.416 e. The lowest BCUT2D eigenvalue weighted by molar-refractivity contribution is -0.138. The minimum Gasteiger partial charge on any atom is -0.416 e. The van der Waals surface area contributed by atoms with Gasteiger partial charge in [-0.05, 0) is 55.5 Å². The minimum absolute atomic E-state index is 0.0614. The summed E-state index contributed by atoms with van der Waals surface area (Å²) in [4.78, 5) is 13.3. The molecule has 1 aliphatic carbocycles. The third-order valence-corrected chi connectivity index (χ3v) is 17.9. The van der Waals surface area contributed by atoms with Crippen molar-refractivity contribution < 1.29 is 18.4 Å². The maximum atomic E-state index is 13.3. The first-order valence-corrected chi connectivity index (χ1v) is 17.5. The zero-order valence-electron chi connectivity index (χ0n) is 22.0. The SMILES string of the molecule is CC1(C)C(=O)[C@@]2(C)O[C@H]2C[C@H]1C(CO[Si](C)(C)C(C)(C)C)CO[Si](C)(C)C(C)(C)C. The standard InChI is InChI=1S/C24H48O4Si2/c1-21(2,3)29(10,11)26-15-17(16-27-30(12,13)22(4,5)6)18-14-19-24(9,28-19)20(25)23(18,7)8/h17-19H,14-16H2,1-13H3/t18-,19-,24-/m0/s1. The van der Waals surface area contributed by atoms with Crippen molar-refractivity contribution in [1.82, 2.24) is 0 Å². The Morgan fingerprint density at radius 2 is 1.33 bits per heavy atom. The van der Waals surface area contributed by atoms with Gasteiger partial charge in [0.15, 0.2) is 28.0 Å². The van der Waals surface area contributed by atoms with Crippen molar-refractivity contribution in [2.24, 2.45) is 17.3 Å². The van der Waals surface area contributed by atoms with E-state index in [0.29, 0.717) is 13.2 Å². The number of ether oxygens (including phenoxy) is 1. The number of fused-ring (bicyclic) bond motifs is 1. The van der Waals surface area contributed by atoms with Crippen LogP contribution in [0.3, 0.4) is 0 Å². The van der Waals surface area contributed by atoms with Crippen molar-refractivity contribution >= 4 is 22.4 Å². The first-order valence-electron chi connectivity index (χ1n) is 11.7. The third-order valence-electron chi connectivity index (χ3n) is 8.87. The van der Waals surface area contributed by atoms with Gasteiger partial charge >= 0.3 is 0 Å². The lowest BCUT2D eigenvalue weighted by Crippen LogP contribution is -2.52. The maximum Gasteiger partial charge on any atom is 0.191 e. The molecular weight excluding hydrogens is 408 g/mol. The fourth-order valence-electron chi connectivity index (χ4n) is 4.19. The minimum atomic E-state index is -1.89. The molecule has 2 fully saturated rings. The van der Waals surface area contributed by atoms with E-state index in [9.17, 15) is 4.79 Å². The third kappa shape index (κ3) is 4.83. The van der Waals surface area contributed by atoms with Crippen LogP contribution in [0.2, 0.25) is 36.3 Å². The fraction of sp³-hybridized carbons (Fsp3) is 0.958. The monoisotopic (exact) mass is 456 g/mol. The van der Waals surface area contributed by atoms with Gasteiger partial charge in [-0.2, -0.15) is 0 Å². The van der Waals surface area contributed by atoms with Crippen LogP contribution in [0.5, 0.6) is 0 Å². The highest BCUT2D eigenvalue weighted by Gasteiger charge is 2.68. The number of rotatable bonds is 7. The summed E-state index contributed by atoms with van der Waals surface area (Å²) >= 11 is 0. The normalized spacial score (nSPS) is 29.9. The van der Waals surface area contributed by atoms with Gasteiger partial charge in [0.05, 0.1) is 6.10 Å². The van der Waals surface area contributed by atoms with Crippen LogP contribution < -0.4 is 0 Å². The topological polar surface area (TPSA) is 48.1 Å². The first kappa shape index (κ1) is 26.2. The molecule has 0 spiro atoms. The van der Waals surface area contributed by atoms with Gasteiger partial charge in [0.25, 0.3) is 0 Å². The molecule has 1 saturated carbocycles. The molecule has 176 valence electrons. The average molecular weight is 457 g/mol. The van der Waals surface area contributed by atoms with E-state index in [1.807, 2.05) is 6.92 Å². The number of Topliss-reactive ketones (excluding diaryl/α,β-unsaturated/α-hetero) is 1. The molecule has 0 radical (unpaired) electrons. The van der Waals surface area contributed by atoms with Crippen molar-refractivity contribution in [1.29, 1.82) is 0 Å². The quantitative estimate of drug-likeness (QED) is 0.327. The van der Waals surface area contributed by atoms with Crippen molar-refractivity contribution in [3.8, 4) is 0 Å². The van der Waals surface area contributed by atoms with Crippen LogP contribution in [-0.4, -0.2) is 47.3 Å². The Morgan fingerprint density at radius 3 is 1.70 bits per heavy atom. The molecule has 2 rings (SSSR count). The molecule has 30 heavy (non-hydrogen) atoms. The summed E-state index contributed by atoms with van der Waals surface area (Å²) in [5.41, 5.74) is -0.995. The fourth-order valence-corrected chi connectivity index (χ4v) is 6.32. The molecule has 0 aromatic rings. The molecule has 6 heteroatoms. The van der Waals surface area contributed by atoms with Gasteiger partial charge in [0, 0.05) is 24.5 Å². The predicted molar refractivity (Wildman–Crippen MR) is 130 cm³/mol. The molecule has 0 N–H and O–H groups in total. The van der Waals surface area contributed by atoms with Gasteiger partial charge in [0.2, 0.25) is 0 Å². The second-order valence-electron chi connectivity index (χ2n) is 13.5. The number of carbonyl (C=O) groups is 1. The van der Waals surface area contributed by atoms with E-state index >= 15 is 0 Å². The zero-order valence-corrected chi connectivity index (χ0v) is 24.0. The van der Waals surface area contributed by atoms with E-state index in [0.717, 1.165) is 6.42 Å². The Hall–Kier alpha value is -0.0162. The van der Waals surface area contributed by atoms with E-state index in [1.54, 1.807) is 0 Å². The molecule has 0 unspecified atom stereocenters. The highest BCUT2D eigenvalue weighted by molar-refractivity contribution is 6.74. The van der Waals surface area contributed by atoms with Crippen molar-refractivity contribution in [2.75, 3.05) is 13.2 Å². The molecular formula is C24H48O4Si2. The lowest BCUT2D eigenvalue weighted by atomic mass is 9.60. The second-order valence-corrected chi connectivity index (χ2v) is 23.1. The number of hydrogen-bond acceptors (Lipinski definition) is 4.